The van der Waals surface area contributed by atoms with E-state index < -0.39 is 0 Å². The molecule has 0 saturated heterocycles. The molecule has 0 unspecified atom stereocenters. The Morgan fingerprint density at radius 2 is 1.83 bits per heavy atom. The number of aromatic nitrogens is 4. The van der Waals surface area contributed by atoms with Crippen LogP contribution in [-0.2, 0) is 13.0 Å². The van der Waals surface area contributed by atoms with Crippen molar-refractivity contribution in [3.63, 3.8) is 0 Å². The van der Waals surface area contributed by atoms with Gasteiger partial charge in [-0.2, -0.15) is 5.10 Å². The van der Waals surface area contributed by atoms with Crippen molar-refractivity contribution < 1.29 is 10.2 Å². The molecule has 0 bridgehead atoms. The molecule has 0 aliphatic carbocycles. The van der Waals surface area contributed by atoms with Crippen LogP contribution in [0.2, 0.25) is 0 Å². The third-order valence-corrected chi connectivity index (χ3v) is 5.26. The summed E-state index contributed by atoms with van der Waals surface area (Å²) in [6.07, 6.45) is 3.76. The van der Waals surface area contributed by atoms with E-state index in [4.69, 9.17) is 12.2 Å². The van der Waals surface area contributed by atoms with E-state index in [2.05, 4.69) is 40.0 Å². The summed E-state index contributed by atoms with van der Waals surface area (Å²) < 4.78 is 4.49. The summed E-state index contributed by atoms with van der Waals surface area (Å²) in [7, 11) is 0. The third-order valence-electron chi connectivity index (χ3n) is 4.99. The second kappa shape index (κ2) is 9.17. The van der Waals surface area contributed by atoms with Crippen LogP contribution in [0.5, 0.6) is 11.5 Å². The molecule has 2 heterocycles. The molecule has 0 aliphatic heterocycles. The zero-order chi connectivity index (χ0) is 21.8. The summed E-state index contributed by atoms with van der Waals surface area (Å²) in [4.78, 5) is 0. The highest BCUT2D eigenvalue weighted by Gasteiger charge is 2.18. The van der Waals surface area contributed by atoms with Gasteiger partial charge in [-0.05, 0) is 54.9 Å². The van der Waals surface area contributed by atoms with E-state index in [-0.39, 0.29) is 11.5 Å². The average Bonchev–Trinajstić information content (AvgIpc) is 3.34. The van der Waals surface area contributed by atoms with Crippen LogP contribution < -0.4 is 0 Å². The molecular formula is C23H28N4O2S. The normalized spacial score (nSPS) is 10.8. The SMILES string of the molecule is CC.CCCn1ccc2c(-n3c(-c4cc(CC)c(O)cc4O)n[nH]c3=S)cccc21. The minimum absolute atomic E-state index is 0.0410. The maximum Gasteiger partial charge on any atom is 0.200 e. The number of hydrogen-bond donors (Lipinski definition) is 3. The number of fused-ring (bicyclic) bond motifs is 1. The number of hydrogen-bond acceptors (Lipinski definition) is 4. The molecule has 0 saturated carbocycles. The van der Waals surface area contributed by atoms with Crippen molar-refractivity contribution in [2.45, 2.75) is 47.1 Å². The van der Waals surface area contributed by atoms with Gasteiger partial charge in [0.05, 0.1) is 16.8 Å². The first kappa shape index (κ1) is 21.6. The van der Waals surface area contributed by atoms with Gasteiger partial charge >= 0.3 is 0 Å². The van der Waals surface area contributed by atoms with Gasteiger partial charge in [-0.3, -0.25) is 9.67 Å². The van der Waals surface area contributed by atoms with Gasteiger partial charge < -0.3 is 14.8 Å². The number of H-pyrrole nitrogens is 1. The molecule has 0 spiro atoms. The first-order valence-electron chi connectivity index (χ1n) is 10.4. The van der Waals surface area contributed by atoms with E-state index in [9.17, 15) is 10.2 Å². The Balaban J connectivity index is 0.00000124. The third kappa shape index (κ3) is 3.73. The minimum Gasteiger partial charge on any atom is -0.508 e. The Kier molecular flexibility index (Phi) is 6.62. The van der Waals surface area contributed by atoms with E-state index >= 15 is 0 Å². The predicted octanol–water partition coefficient (Wildman–Crippen LogP) is 5.96. The number of nitrogens with one attached hydrogen (secondary N) is 1. The lowest BCUT2D eigenvalue weighted by Gasteiger charge is -2.12. The highest BCUT2D eigenvalue weighted by molar-refractivity contribution is 7.71. The van der Waals surface area contributed by atoms with E-state index in [1.165, 1.54) is 6.07 Å². The Hall–Kier alpha value is -3.06. The van der Waals surface area contributed by atoms with Crippen LogP contribution in [0.1, 0.15) is 39.7 Å². The van der Waals surface area contributed by atoms with E-state index in [0.29, 0.717) is 22.6 Å². The number of phenolic OH excluding ortho intramolecular Hbond substituents is 2. The van der Waals surface area contributed by atoms with E-state index in [1.807, 2.05) is 37.5 Å². The highest BCUT2D eigenvalue weighted by Crippen LogP contribution is 2.36. The molecule has 3 N–H and O–H groups in total. The Morgan fingerprint density at radius 3 is 2.53 bits per heavy atom. The van der Waals surface area contributed by atoms with Crippen molar-refractivity contribution >= 4 is 23.1 Å². The molecule has 4 rings (SSSR count). The maximum atomic E-state index is 10.5. The zero-order valence-electron chi connectivity index (χ0n) is 17.8. The lowest BCUT2D eigenvalue weighted by atomic mass is 10.1. The second-order valence-electron chi connectivity index (χ2n) is 6.76. The molecular weight excluding hydrogens is 396 g/mol. The maximum absolute atomic E-state index is 10.5. The molecule has 6 nitrogen and oxygen atoms in total. The predicted molar refractivity (Wildman–Crippen MR) is 124 cm³/mol. The number of rotatable bonds is 5. The largest absolute Gasteiger partial charge is 0.508 e. The first-order chi connectivity index (χ1) is 14.5. The van der Waals surface area contributed by atoms with Crippen molar-refractivity contribution in [3.05, 3.63) is 52.9 Å². The van der Waals surface area contributed by atoms with Gasteiger partial charge in [0.2, 0.25) is 0 Å². The molecule has 2 aromatic heterocycles. The quantitative estimate of drug-likeness (QED) is 0.345. The number of aromatic amines is 1. The molecule has 30 heavy (non-hydrogen) atoms. The summed E-state index contributed by atoms with van der Waals surface area (Å²) in [6.45, 7) is 9.04. The molecule has 0 atom stereocenters. The van der Waals surface area contributed by atoms with Crippen LogP contribution in [0, 0.1) is 4.77 Å². The summed E-state index contributed by atoms with van der Waals surface area (Å²) in [5, 5.41) is 28.8. The monoisotopic (exact) mass is 424 g/mol. The molecule has 158 valence electrons. The molecule has 2 aromatic carbocycles. The zero-order valence-corrected chi connectivity index (χ0v) is 18.6. The lowest BCUT2D eigenvalue weighted by Crippen LogP contribution is -2.00. The van der Waals surface area contributed by atoms with Gasteiger partial charge in [-0.25, -0.2) is 0 Å². The fourth-order valence-corrected chi connectivity index (χ4v) is 3.85. The minimum atomic E-state index is -0.0410. The van der Waals surface area contributed by atoms with Gasteiger partial charge in [0.1, 0.15) is 11.5 Å². The van der Waals surface area contributed by atoms with Gasteiger partial charge in [0, 0.05) is 24.2 Å². The van der Waals surface area contributed by atoms with Crippen LogP contribution in [0.4, 0.5) is 0 Å². The van der Waals surface area contributed by atoms with Crippen molar-refractivity contribution in [1.29, 1.82) is 0 Å². The van der Waals surface area contributed by atoms with Gasteiger partial charge in [0.25, 0.3) is 0 Å². The fourth-order valence-electron chi connectivity index (χ4n) is 3.62. The number of aryl methyl sites for hydroxylation is 2. The van der Waals surface area contributed by atoms with Crippen LogP contribution in [-0.4, -0.2) is 29.5 Å². The molecule has 7 heteroatoms. The lowest BCUT2D eigenvalue weighted by molar-refractivity contribution is 0.447. The molecule has 0 aliphatic rings. The fraction of sp³-hybridized carbons (Fsp3) is 0.304. The first-order valence-corrected chi connectivity index (χ1v) is 10.8. The van der Waals surface area contributed by atoms with Crippen molar-refractivity contribution in [1.82, 2.24) is 19.3 Å². The number of nitrogens with zero attached hydrogens (tertiary/aromatic N) is 3. The summed E-state index contributed by atoms with van der Waals surface area (Å²) in [5.41, 5.74) is 3.27. The van der Waals surface area contributed by atoms with Gasteiger partial charge in [0.15, 0.2) is 10.6 Å². The number of aromatic hydroxyl groups is 2. The summed E-state index contributed by atoms with van der Waals surface area (Å²) in [5.74, 6) is 0.539. The smallest absolute Gasteiger partial charge is 0.200 e. The van der Waals surface area contributed by atoms with Crippen molar-refractivity contribution in [3.8, 4) is 28.6 Å². The van der Waals surface area contributed by atoms with Crippen LogP contribution >= 0.6 is 12.2 Å². The van der Waals surface area contributed by atoms with Crippen LogP contribution in [0.25, 0.3) is 28.0 Å². The number of phenols is 2. The summed E-state index contributed by atoms with van der Waals surface area (Å²) >= 11 is 5.51. The Labute approximate surface area is 181 Å². The Morgan fingerprint density at radius 1 is 1.07 bits per heavy atom. The highest BCUT2D eigenvalue weighted by atomic mass is 32.1. The van der Waals surface area contributed by atoms with Gasteiger partial charge in [-0.1, -0.05) is 33.8 Å². The topological polar surface area (TPSA) is 79.0 Å². The van der Waals surface area contributed by atoms with Gasteiger partial charge in [-0.15, -0.1) is 0 Å². The van der Waals surface area contributed by atoms with E-state index in [1.54, 1.807) is 6.07 Å². The Bertz CT molecular complexity index is 1220. The van der Waals surface area contributed by atoms with E-state index in [0.717, 1.165) is 35.1 Å². The van der Waals surface area contributed by atoms with Crippen LogP contribution in [0.15, 0.2) is 42.6 Å². The number of benzene rings is 2. The summed E-state index contributed by atoms with van der Waals surface area (Å²) in [6, 6.07) is 11.3. The molecule has 4 aromatic rings. The van der Waals surface area contributed by atoms with Crippen molar-refractivity contribution in [2.24, 2.45) is 0 Å². The standard InChI is InChI=1S/C21H22N4O2S.C2H6/c1-3-9-24-10-8-14-16(24)6-5-7-17(14)25-20(22-23-21(25)28)15-11-13(4-2)18(26)12-19(15)27;1-2/h5-8,10-12,26-27H,3-4,9H2,1-2H3,(H,23,28);1-2H3. The second-order valence-corrected chi connectivity index (χ2v) is 7.15. The molecule has 0 fully saturated rings. The molecule has 0 radical (unpaired) electrons. The van der Waals surface area contributed by atoms with Crippen LogP contribution in [0.3, 0.4) is 0 Å². The molecule has 0 amide bonds. The average molecular weight is 425 g/mol. The van der Waals surface area contributed by atoms with Crippen molar-refractivity contribution in [2.75, 3.05) is 0 Å².